The normalized spacial score (nSPS) is 17.3. The number of aliphatic hydroxyl groups excluding tert-OH is 1. The zero-order valence-corrected chi connectivity index (χ0v) is 20.2. The molecule has 0 radical (unpaired) electrons. The number of ether oxygens (including phenoxy) is 1. The van der Waals surface area contributed by atoms with E-state index in [1.54, 1.807) is 36.4 Å². The highest BCUT2D eigenvalue weighted by atomic mass is 32.1. The fourth-order valence-electron chi connectivity index (χ4n) is 4.29. The Morgan fingerprint density at radius 2 is 1.77 bits per heavy atom. The lowest BCUT2D eigenvalue weighted by molar-refractivity contribution is -0.132. The molecule has 5 rings (SSSR count). The molecule has 0 saturated carbocycles. The maximum atomic E-state index is 13.4. The van der Waals surface area contributed by atoms with Crippen LogP contribution >= 0.6 is 11.3 Å². The summed E-state index contributed by atoms with van der Waals surface area (Å²) in [7, 11) is 0. The number of anilines is 1. The number of carbonyl (C=O) groups is 2. The molecule has 0 spiro atoms. The average Bonchev–Trinajstić information content (AvgIpc) is 3.42. The molecule has 2 heterocycles. The Hall–Kier alpha value is -3.97. The van der Waals surface area contributed by atoms with Gasteiger partial charge in [0.15, 0.2) is 5.13 Å². The standard InChI is InChI=1S/C28H24N2O4S/c1-3-17-10-15-21-22(16-17)35-28(29-21)30-24(18-11-13-20(14-12-18)34-4-2)23(26(32)27(30)33)25(31)19-8-6-5-7-9-19/h5-16,24,31H,3-4H2,1-2H3/b25-23+/t24-/m1/s1. The van der Waals surface area contributed by atoms with Gasteiger partial charge in [-0.15, -0.1) is 0 Å². The third-order valence-corrected chi connectivity index (χ3v) is 7.07. The molecule has 35 heavy (non-hydrogen) atoms. The highest BCUT2D eigenvalue weighted by molar-refractivity contribution is 7.22. The first-order valence-corrected chi connectivity index (χ1v) is 12.3. The number of hydrogen-bond donors (Lipinski definition) is 1. The van der Waals surface area contributed by atoms with E-state index in [1.165, 1.54) is 21.8 Å². The van der Waals surface area contributed by atoms with Crippen molar-refractivity contribution in [1.29, 1.82) is 0 Å². The lowest BCUT2D eigenvalue weighted by Crippen LogP contribution is -2.29. The number of Topliss-reactive ketones (excluding diaryl/α,β-unsaturated/α-hetero) is 1. The predicted octanol–water partition coefficient (Wildman–Crippen LogP) is 5.88. The summed E-state index contributed by atoms with van der Waals surface area (Å²) in [6, 6.07) is 21.2. The maximum Gasteiger partial charge on any atom is 0.301 e. The number of aliphatic hydroxyl groups is 1. The topological polar surface area (TPSA) is 79.7 Å². The van der Waals surface area contributed by atoms with Crippen molar-refractivity contribution >= 4 is 44.1 Å². The van der Waals surface area contributed by atoms with Crippen LogP contribution in [0.2, 0.25) is 0 Å². The van der Waals surface area contributed by atoms with Gasteiger partial charge in [-0.2, -0.15) is 0 Å². The molecule has 1 saturated heterocycles. The summed E-state index contributed by atoms with van der Waals surface area (Å²) in [5, 5.41) is 11.6. The molecule has 3 aromatic carbocycles. The van der Waals surface area contributed by atoms with Crippen LogP contribution in [0.5, 0.6) is 5.75 Å². The van der Waals surface area contributed by atoms with Crippen LogP contribution in [0.15, 0.2) is 78.4 Å². The lowest BCUT2D eigenvalue weighted by Gasteiger charge is -2.23. The van der Waals surface area contributed by atoms with Gasteiger partial charge >= 0.3 is 5.91 Å². The molecule has 1 aliphatic heterocycles. The van der Waals surface area contributed by atoms with Crippen molar-refractivity contribution in [1.82, 2.24) is 4.98 Å². The van der Waals surface area contributed by atoms with Crippen LogP contribution in [0.3, 0.4) is 0 Å². The van der Waals surface area contributed by atoms with E-state index >= 15 is 0 Å². The number of hydrogen-bond acceptors (Lipinski definition) is 6. The minimum atomic E-state index is -0.822. The zero-order chi connectivity index (χ0) is 24.5. The van der Waals surface area contributed by atoms with E-state index in [9.17, 15) is 14.7 Å². The number of aryl methyl sites for hydroxylation is 1. The number of aromatic nitrogens is 1. The van der Waals surface area contributed by atoms with Crippen molar-refractivity contribution in [2.75, 3.05) is 11.5 Å². The van der Waals surface area contributed by atoms with Gasteiger partial charge in [-0.05, 0) is 48.7 Å². The van der Waals surface area contributed by atoms with Crippen LogP contribution < -0.4 is 9.64 Å². The second-order valence-corrected chi connectivity index (χ2v) is 9.20. The van der Waals surface area contributed by atoms with Gasteiger partial charge in [0.1, 0.15) is 11.5 Å². The molecule has 0 aliphatic carbocycles. The van der Waals surface area contributed by atoms with Gasteiger partial charge in [0.25, 0.3) is 5.78 Å². The highest BCUT2D eigenvalue weighted by Crippen LogP contribution is 2.44. The number of nitrogens with zero attached hydrogens (tertiary/aromatic N) is 2. The van der Waals surface area contributed by atoms with Crippen molar-refractivity contribution in [2.24, 2.45) is 0 Å². The zero-order valence-electron chi connectivity index (χ0n) is 19.4. The number of carbonyl (C=O) groups excluding carboxylic acids is 2. The first kappa shape index (κ1) is 22.8. The molecule has 0 unspecified atom stereocenters. The molecule has 1 aliphatic rings. The highest BCUT2D eigenvalue weighted by Gasteiger charge is 2.48. The molecule has 1 aromatic heterocycles. The number of thiazole rings is 1. The first-order valence-electron chi connectivity index (χ1n) is 11.5. The summed E-state index contributed by atoms with van der Waals surface area (Å²) in [5.41, 5.74) is 3.12. The van der Waals surface area contributed by atoms with Crippen molar-refractivity contribution < 1.29 is 19.4 Å². The van der Waals surface area contributed by atoms with Crippen molar-refractivity contribution in [3.8, 4) is 5.75 Å². The second kappa shape index (κ2) is 9.35. The van der Waals surface area contributed by atoms with Gasteiger partial charge in [0, 0.05) is 5.56 Å². The third-order valence-electron chi connectivity index (χ3n) is 6.05. The summed E-state index contributed by atoms with van der Waals surface area (Å²) >= 11 is 1.36. The van der Waals surface area contributed by atoms with Gasteiger partial charge in [-0.25, -0.2) is 4.98 Å². The van der Waals surface area contributed by atoms with Crippen LogP contribution in [0.25, 0.3) is 16.0 Å². The molecule has 1 N–H and O–H groups in total. The van der Waals surface area contributed by atoms with Crippen molar-refractivity contribution in [3.05, 3.63) is 95.1 Å². The molecule has 6 nitrogen and oxygen atoms in total. The predicted molar refractivity (Wildman–Crippen MR) is 138 cm³/mol. The fraction of sp³-hybridized carbons (Fsp3) is 0.179. The summed E-state index contributed by atoms with van der Waals surface area (Å²) in [6.07, 6.45) is 0.886. The Bertz CT molecular complexity index is 1440. The Morgan fingerprint density at radius 1 is 1.03 bits per heavy atom. The second-order valence-electron chi connectivity index (χ2n) is 8.19. The number of rotatable bonds is 6. The number of amides is 1. The maximum absolute atomic E-state index is 13.4. The molecule has 0 bridgehead atoms. The van der Waals surface area contributed by atoms with Gasteiger partial charge in [0.2, 0.25) is 0 Å². The SMILES string of the molecule is CCOc1ccc([C@@H]2/C(=C(\O)c3ccccc3)C(=O)C(=O)N2c2nc3ccc(CC)cc3s2)cc1. The van der Waals surface area contributed by atoms with Crippen LogP contribution in [-0.2, 0) is 16.0 Å². The minimum Gasteiger partial charge on any atom is -0.507 e. The number of ketones is 1. The molecule has 176 valence electrons. The molecular weight excluding hydrogens is 460 g/mol. The smallest absolute Gasteiger partial charge is 0.301 e. The number of benzene rings is 3. The Labute approximate surface area is 207 Å². The van der Waals surface area contributed by atoms with Crippen molar-refractivity contribution in [3.63, 3.8) is 0 Å². The Balaban J connectivity index is 1.69. The van der Waals surface area contributed by atoms with E-state index in [0.717, 1.165) is 16.6 Å². The van der Waals surface area contributed by atoms with E-state index in [0.29, 0.717) is 28.6 Å². The van der Waals surface area contributed by atoms with Gasteiger partial charge in [0.05, 0.1) is 28.4 Å². The molecule has 4 aromatic rings. The largest absolute Gasteiger partial charge is 0.507 e. The first-order chi connectivity index (χ1) is 17.0. The van der Waals surface area contributed by atoms with Gasteiger partial charge in [-0.1, -0.05) is 66.8 Å². The Kier molecular flexibility index (Phi) is 6.09. The van der Waals surface area contributed by atoms with E-state index in [1.807, 2.05) is 37.3 Å². The van der Waals surface area contributed by atoms with Crippen LogP contribution in [-0.4, -0.2) is 28.4 Å². The third kappa shape index (κ3) is 4.08. The molecular formula is C28H24N2O4S. The Morgan fingerprint density at radius 3 is 2.46 bits per heavy atom. The quantitative estimate of drug-likeness (QED) is 0.210. The number of fused-ring (bicyclic) bond motifs is 1. The summed E-state index contributed by atoms with van der Waals surface area (Å²) in [4.78, 5) is 32.8. The van der Waals surface area contributed by atoms with Gasteiger partial charge in [-0.3, -0.25) is 14.5 Å². The van der Waals surface area contributed by atoms with Crippen LogP contribution in [0.4, 0.5) is 5.13 Å². The summed E-state index contributed by atoms with van der Waals surface area (Å²) < 4.78 is 6.50. The molecule has 1 fully saturated rings. The monoisotopic (exact) mass is 484 g/mol. The minimum absolute atomic E-state index is 0.0406. The molecule has 1 atom stereocenters. The fourth-order valence-corrected chi connectivity index (χ4v) is 5.35. The van der Waals surface area contributed by atoms with E-state index in [2.05, 4.69) is 18.0 Å². The van der Waals surface area contributed by atoms with Crippen molar-refractivity contribution in [2.45, 2.75) is 26.3 Å². The lowest BCUT2D eigenvalue weighted by atomic mass is 9.95. The molecule has 7 heteroatoms. The molecule has 1 amide bonds. The van der Waals surface area contributed by atoms with E-state index in [-0.39, 0.29) is 11.3 Å². The van der Waals surface area contributed by atoms with Gasteiger partial charge < -0.3 is 9.84 Å². The summed E-state index contributed by atoms with van der Waals surface area (Å²) in [5.74, 6) is -0.974. The van der Waals surface area contributed by atoms with Crippen LogP contribution in [0, 0.1) is 0 Å². The summed E-state index contributed by atoms with van der Waals surface area (Å²) in [6.45, 7) is 4.51. The average molecular weight is 485 g/mol. The van der Waals surface area contributed by atoms with E-state index < -0.39 is 17.7 Å². The van der Waals surface area contributed by atoms with Crippen LogP contribution in [0.1, 0.15) is 36.6 Å². The van der Waals surface area contributed by atoms with E-state index in [4.69, 9.17) is 4.74 Å².